The van der Waals surface area contributed by atoms with Gasteiger partial charge in [-0.2, -0.15) is 5.10 Å². The van der Waals surface area contributed by atoms with Crippen molar-refractivity contribution < 1.29 is 0 Å². The van der Waals surface area contributed by atoms with Crippen LogP contribution in [0.15, 0.2) is 12.5 Å². The van der Waals surface area contributed by atoms with E-state index in [-0.39, 0.29) is 5.84 Å². The molecule has 2 rings (SSSR count). The maximum atomic E-state index is 7.35. The molecule has 78 valence electrons. The molecule has 0 aliphatic heterocycles. The first-order valence-corrected chi connectivity index (χ1v) is 4.76. The van der Waals surface area contributed by atoms with E-state index >= 15 is 0 Å². The zero-order chi connectivity index (χ0) is 10.8. The van der Waals surface area contributed by atoms with E-state index in [9.17, 15) is 0 Å². The fraction of sp³-hybridized carbons (Fsp3) is 0.333. The molecule has 3 N–H and O–H groups in total. The molecule has 0 aromatic carbocycles. The van der Waals surface area contributed by atoms with Crippen LogP contribution in [0.5, 0.6) is 0 Å². The van der Waals surface area contributed by atoms with Crippen LogP contribution in [-0.2, 0) is 6.42 Å². The Morgan fingerprint density at radius 1 is 1.60 bits per heavy atom. The summed E-state index contributed by atoms with van der Waals surface area (Å²) >= 11 is 0. The maximum Gasteiger partial charge on any atom is 0.176 e. The fourth-order valence-electron chi connectivity index (χ4n) is 1.43. The van der Waals surface area contributed by atoms with Crippen LogP contribution in [-0.4, -0.2) is 25.4 Å². The summed E-state index contributed by atoms with van der Waals surface area (Å²) in [4.78, 5) is 8.41. The van der Waals surface area contributed by atoms with Crippen molar-refractivity contribution in [3.63, 3.8) is 0 Å². The third-order valence-electron chi connectivity index (χ3n) is 2.09. The fourth-order valence-corrected chi connectivity index (χ4v) is 1.43. The van der Waals surface area contributed by atoms with Crippen molar-refractivity contribution in [3.05, 3.63) is 23.9 Å². The molecule has 0 aliphatic carbocycles. The Labute approximate surface area is 86.7 Å². The second kappa shape index (κ2) is 3.64. The lowest BCUT2D eigenvalue weighted by molar-refractivity contribution is 0.850. The third kappa shape index (κ3) is 1.65. The minimum atomic E-state index is -0.0512. The molecule has 0 amide bonds. The third-order valence-corrected chi connectivity index (χ3v) is 2.09. The van der Waals surface area contributed by atoms with Crippen LogP contribution in [0.4, 0.5) is 0 Å². The number of fused-ring (bicyclic) bond motifs is 1. The highest BCUT2D eigenvalue weighted by molar-refractivity contribution is 5.92. The van der Waals surface area contributed by atoms with Crippen molar-refractivity contribution in [1.82, 2.24) is 19.6 Å². The van der Waals surface area contributed by atoms with Gasteiger partial charge in [0.05, 0.1) is 11.9 Å². The van der Waals surface area contributed by atoms with Crippen molar-refractivity contribution in [2.75, 3.05) is 0 Å². The molecule has 6 nitrogen and oxygen atoms in total. The van der Waals surface area contributed by atoms with Gasteiger partial charge in [-0.25, -0.2) is 14.5 Å². The summed E-state index contributed by atoms with van der Waals surface area (Å²) in [6.07, 6.45) is 4.87. The van der Waals surface area contributed by atoms with Gasteiger partial charge >= 0.3 is 0 Å². The number of hydrogen-bond acceptors (Lipinski definition) is 4. The summed E-state index contributed by atoms with van der Waals surface area (Å²) in [6.45, 7) is 2.06. The van der Waals surface area contributed by atoms with Crippen LogP contribution in [0, 0.1) is 5.41 Å². The van der Waals surface area contributed by atoms with Gasteiger partial charge < -0.3 is 5.73 Å². The molecule has 0 fully saturated rings. The van der Waals surface area contributed by atoms with Gasteiger partial charge in [-0.1, -0.05) is 13.3 Å². The van der Waals surface area contributed by atoms with Gasteiger partial charge in [0.25, 0.3) is 0 Å². The Morgan fingerprint density at radius 2 is 2.40 bits per heavy atom. The van der Waals surface area contributed by atoms with Crippen LogP contribution < -0.4 is 5.73 Å². The van der Waals surface area contributed by atoms with E-state index in [1.165, 1.54) is 6.33 Å². The van der Waals surface area contributed by atoms with Crippen molar-refractivity contribution in [1.29, 1.82) is 5.41 Å². The van der Waals surface area contributed by atoms with Crippen LogP contribution in [0.1, 0.15) is 24.7 Å². The van der Waals surface area contributed by atoms with Crippen molar-refractivity contribution in [2.45, 2.75) is 19.8 Å². The van der Waals surface area contributed by atoms with Crippen LogP contribution in [0.3, 0.4) is 0 Å². The first-order chi connectivity index (χ1) is 7.22. The van der Waals surface area contributed by atoms with Gasteiger partial charge in [0.2, 0.25) is 0 Å². The first kappa shape index (κ1) is 9.57. The van der Waals surface area contributed by atoms with Gasteiger partial charge in [-0.3, -0.25) is 5.41 Å². The van der Waals surface area contributed by atoms with E-state index in [2.05, 4.69) is 22.0 Å². The highest BCUT2D eigenvalue weighted by Crippen LogP contribution is 2.08. The van der Waals surface area contributed by atoms with Crippen molar-refractivity contribution >= 4 is 11.5 Å². The zero-order valence-corrected chi connectivity index (χ0v) is 8.44. The predicted molar refractivity (Wildman–Crippen MR) is 55.8 cm³/mol. The van der Waals surface area contributed by atoms with Gasteiger partial charge in [0.1, 0.15) is 17.9 Å². The minimum Gasteiger partial charge on any atom is -0.382 e. The van der Waals surface area contributed by atoms with E-state index in [1.54, 1.807) is 10.7 Å². The largest absolute Gasteiger partial charge is 0.382 e. The molecule has 2 aromatic heterocycles. The van der Waals surface area contributed by atoms with Gasteiger partial charge in [0.15, 0.2) is 5.65 Å². The van der Waals surface area contributed by atoms with E-state index in [4.69, 9.17) is 11.1 Å². The molecule has 0 atom stereocenters. The Kier molecular flexibility index (Phi) is 2.32. The number of aryl methyl sites for hydroxylation is 1. The summed E-state index contributed by atoms with van der Waals surface area (Å²) < 4.78 is 1.61. The van der Waals surface area contributed by atoms with Crippen LogP contribution in [0.2, 0.25) is 0 Å². The number of amidine groups is 1. The summed E-state index contributed by atoms with van der Waals surface area (Å²) in [5, 5.41) is 11.4. The molecule has 0 radical (unpaired) electrons. The molecule has 0 saturated carbocycles. The first-order valence-electron chi connectivity index (χ1n) is 4.76. The predicted octanol–water partition coefficient (Wildman–Crippen LogP) is 0.361. The maximum absolute atomic E-state index is 7.35. The van der Waals surface area contributed by atoms with Crippen LogP contribution >= 0.6 is 0 Å². The molecule has 0 aliphatic rings. The van der Waals surface area contributed by atoms with E-state index < -0.39 is 0 Å². The minimum absolute atomic E-state index is 0.0512. The average Bonchev–Trinajstić information content (AvgIpc) is 2.65. The Bertz CT molecular complexity index is 500. The Balaban J connectivity index is 2.63. The molecule has 0 unspecified atom stereocenters. The molecule has 0 saturated heterocycles. The summed E-state index contributed by atoms with van der Waals surface area (Å²) in [6, 6.07) is 0. The van der Waals surface area contributed by atoms with E-state index in [1.807, 2.05) is 0 Å². The lowest BCUT2D eigenvalue weighted by atomic mass is 10.2. The summed E-state index contributed by atoms with van der Waals surface area (Å²) in [5.41, 5.74) is 7.41. The lowest BCUT2D eigenvalue weighted by Crippen LogP contribution is -2.16. The molecule has 15 heavy (non-hydrogen) atoms. The number of nitrogen functional groups attached to an aromatic ring is 1. The zero-order valence-electron chi connectivity index (χ0n) is 8.44. The second-order valence-electron chi connectivity index (χ2n) is 3.26. The van der Waals surface area contributed by atoms with Gasteiger partial charge in [0, 0.05) is 0 Å². The van der Waals surface area contributed by atoms with Gasteiger partial charge in [-0.15, -0.1) is 0 Å². The van der Waals surface area contributed by atoms with Crippen molar-refractivity contribution in [2.24, 2.45) is 5.73 Å². The number of hydrogen-bond donors (Lipinski definition) is 2. The number of nitrogens with zero attached hydrogens (tertiary/aromatic N) is 4. The lowest BCUT2D eigenvalue weighted by Gasteiger charge is -2.03. The highest BCUT2D eigenvalue weighted by Gasteiger charge is 2.08. The Morgan fingerprint density at radius 3 is 3.07 bits per heavy atom. The average molecular weight is 204 g/mol. The van der Waals surface area contributed by atoms with Crippen molar-refractivity contribution in [3.8, 4) is 0 Å². The molecule has 2 aromatic rings. The van der Waals surface area contributed by atoms with E-state index in [0.717, 1.165) is 24.2 Å². The summed E-state index contributed by atoms with van der Waals surface area (Å²) in [7, 11) is 0. The molecular formula is C9H12N6. The molecule has 6 heteroatoms. The highest BCUT2D eigenvalue weighted by atomic mass is 15.3. The number of rotatable bonds is 3. The standard InChI is InChI=1S/C9H12N6/c1-2-3-6-9-12-5-13-15(9)4-7(14-6)8(10)11/h4-5H,2-3H2,1H3,(H3,10,11). The molecule has 0 spiro atoms. The van der Waals surface area contributed by atoms with Gasteiger partial charge in [-0.05, 0) is 6.42 Å². The SMILES string of the molecule is CCCc1nc(C(=N)N)cn2ncnc12. The normalized spacial score (nSPS) is 10.7. The molecular weight excluding hydrogens is 192 g/mol. The molecule has 2 heterocycles. The topological polar surface area (TPSA) is 93.0 Å². The summed E-state index contributed by atoms with van der Waals surface area (Å²) in [5.74, 6) is -0.0512. The molecule has 0 bridgehead atoms. The number of nitrogens with one attached hydrogen (secondary N) is 1. The second-order valence-corrected chi connectivity index (χ2v) is 3.26. The van der Waals surface area contributed by atoms with Crippen LogP contribution in [0.25, 0.3) is 5.65 Å². The van der Waals surface area contributed by atoms with E-state index in [0.29, 0.717) is 5.69 Å². The monoisotopic (exact) mass is 204 g/mol. The smallest absolute Gasteiger partial charge is 0.176 e. The number of nitrogens with two attached hydrogens (primary N) is 1. The quantitative estimate of drug-likeness (QED) is 0.557. The number of aromatic nitrogens is 4. The Hall–Kier alpha value is -1.98.